The molecule has 43 heavy (non-hydrogen) atoms. The summed E-state index contributed by atoms with van der Waals surface area (Å²) in [6.45, 7) is 11.9. The van der Waals surface area contributed by atoms with E-state index in [1.54, 1.807) is 11.3 Å². The molecule has 224 valence electrons. The molecule has 9 heteroatoms. The Morgan fingerprint density at radius 2 is 1.88 bits per heavy atom. The van der Waals surface area contributed by atoms with Crippen molar-refractivity contribution in [2.24, 2.45) is 13.0 Å². The van der Waals surface area contributed by atoms with E-state index >= 15 is 0 Å². The van der Waals surface area contributed by atoms with Crippen LogP contribution in [0.4, 0.5) is 5.82 Å². The monoisotopic (exact) mass is 616 g/mol. The van der Waals surface area contributed by atoms with E-state index in [9.17, 15) is 9.90 Å². The maximum absolute atomic E-state index is 12.7. The predicted octanol–water partition coefficient (Wildman–Crippen LogP) is 8.66. The number of ether oxygens (including phenoxy) is 1. The number of fused-ring (bicyclic) bond motifs is 2. The number of rotatable bonds is 7. The molecule has 0 amide bonds. The number of carboxylic acid groups (broad SMARTS) is 1. The van der Waals surface area contributed by atoms with Gasteiger partial charge in [-0.05, 0) is 87.6 Å². The van der Waals surface area contributed by atoms with Gasteiger partial charge in [0.1, 0.15) is 5.01 Å². The summed E-state index contributed by atoms with van der Waals surface area (Å²) in [7, 11) is 2.00. The van der Waals surface area contributed by atoms with Gasteiger partial charge in [0.2, 0.25) is 0 Å². The summed E-state index contributed by atoms with van der Waals surface area (Å²) in [5.74, 6) is 0.698. The van der Waals surface area contributed by atoms with Gasteiger partial charge in [0.05, 0.1) is 21.3 Å². The second kappa shape index (κ2) is 11.2. The van der Waals surface area contributed by atoms with Crippen LogP contribution >= 0.6 is 22.9 Å². The van der Waals surface area contributed by atoms with E-state index in [1.165, 1.54) is 12.8 Å². The molecule has 2 aromatic heterocycles. The molecule has 1 aliphatic heterocycles. The summed E-state index contributed by atoms with van der Waals surface area (Å²) in [6.07, 6.45) is 1.22. The minimum Gasteiger partial charge on any atom is -0.479 e. The summed E-state index contributed by atoms with van der Waals surface area (Å²) in [6, 6.07) is 15.9. The molecule has 2 atom stereocenters. The average molecular weight is 617 g/mol. The number of hydrogen-bond acceptors (Lipinski definition) is 6. The molecule has 5 aromatic rings. The van der Waals surface area contributed by atoms with Gasteiger partial charge < -0.3 is 14.7 Å². The molecule has 0 aliphatic carbocycles. The first-order valence-electron chi connectivity index (χ1n) is 14.8. The molecule has 0 unspecified atom stereocenters. The maximum Gasteiger partial charge on any atom is 0.337 e. The Morgan fingerprint density at radius 1 is 1.16 bits per heavy atom. The van der Waals surface area contributed by atoms with Crippen molar-refractivity contribution in [3.8, 4) is 21.7 Å². The number of aryl methyl sites for hydroxylation is 2. The second-order valence-corrected chi connectivity index (χ2v) is 13.9. The second-order valence-electron chi connectivity index (χ2n) is 12.5. The van der Waals surface area contributed by atoms with Crippen LogP contribution in [-0.4, -0.2) is 44.5 Å². The summed E-state index contributed by atoms with van der Waals surface area (Å²) in [4.78, 5) is 20.2. The highest BCUT2D eigenvalue weighted by molar-refractivity contribution is 7.22. The Balaban J connectivity index is 1.54. The van der Waals surface area contributed by atoms with Crippen LogP contribution in [0.3, 0.4) is 0 Å². The average Bonchev–Trinajstić information content (AvgIpc) is 3.68. The molecular formula is C34H37ClN4O3S. The van der Waals surface area contributed by atoms with Gasteiger partial charge in [-0.1, -0.05) is 37.1 Å². The Hall–Kier alpha value is -3.46. The number of benzene rings is 3. The molecule has 6 rings (SSSR count). The van der Waals surface area contributed by atoms with Gasteiger partial charge in [0.15, 0.2) is 11.9 Å². The Morgan fingerprint density at radius 3 is 2.53 bits per heavy atom. The zero-order valence-corrected chi connectivity index (χ0v) is 27.0. The quantitative estimate of drug-likeness (QED) is 0.197. The highest BCUT2D eigenvalue weighted by Crippen LogP contribution is 2.45. The molecule has 1 N–H and O–H groups in total. The van der Waals surface area contributed by atoms with Gasteiger partial charge in [0.25, 0.3) is 0 Å². The molecule has 1 saturated heterocycles. The number of halogens is 1. The molecule has 0 saturated carbocycles. The highest BCUT2D eigenvalue weighted by atomic mass is 35.5. The van der Waals surface area contributed by atoms with E-state index in [0.29, 0.717) is 16.5 Å². The highest BCUT2D eigenvalue weighted by Gasteiger charge is 2.32. The number of hydrogen-bond donors (Lipinski definition) is 1. The van der Waals surface area contributed by atoms with Gasteiger partial charge in [-0.2, -0.15) is 5.10 Å². The number of anilines is 1. The topological polar surface area (TPSA) is 80.5 Å². The molecule has 3 aromatic carbocycles. The zero-order chi connectivity index (χ0) is 30.6. The standard InChI is InChI=1S/C34H37ClN4O3S/c1-7-20-14-15-39(18-20)31-24-17-22(10-13-26(24)38(6)37-31)32-36-25-16-19(2)27(29(33(40)41)42-34(3,4)5)28(30(25)43-32)21-8-11-23(35)12-9-21/h8-13,16-17,20,29H,7,14-15,18H2,1-6H3,(H,40,41)/t20-,29-/m0/s1. The maximum atomic E-state index is 12.7. The third kappa shape index (κ3) is 5.64. The number of carbonyl (C=O) groups is 1. The van der Waals surface area contributed by atoms with Crippen LogP contribution in [0.15, 0.2) is 48.5 Å². The predicted molar refractivity (Wildman–Crippen MR) is 176 cm³/mol. The van der Waals surface area contributed by atoms with E-state index in [2.05, 4.69) is 30.0 Å². The third-order valence-corrected chi connectivity index (χ3v) is 9.65. The van der Waals surface area contributed by atoms with Gasteiger partial charge >= 0.3 is 5.97 Å². The van der Waals surface area contributed by atoms with Crippen LogP contribution in [0.1, 0.15) is 57.8 Å². The number of thiazole rings is 1. The van der Waals surface area contributed by atoms with E-state index in [1.807, 2.05) is 69.8 Å². The third-order valence-electron chi connectivity index (χ3n) is 8.26. The van der Waals surface area contributed by atoms with Crippen LogP contribution in [0.2, 0.25) is 5.02 Å². The fourth-order valence-corrected chi connectivity index (χ4v) is 7.38. The lowest BCUT2D eigenvalue weighted by molar-refractivity contribution is -0.160. The van der Waals surface area contributed by atoms with Crippen LogP contribution in [-0.2, 0) is 16.6 Å². The Bertz CT molecular complexity index is 1840. The van der Waals surface area contributed by atoms with Crippen molar-refractivity contribution in [2.75, 3.05) is 18.0 Å². The van der Waals surface area contributed by atoms with Crippen molar-refractivity contribution >= 4 is 55.8 Å². The van der Waals surface area contributed by atoms with Crippen LogP contribution in [0.25, 0.3) is 42.8 Å². The number of aromatic nitrogens is 3. The smallest absolute Gasteiger partial charge is 0.337 e. The fourth-order valence-electron chi connectivity index (χ4n) is 6.13. The lowest BCUT2D eigenvalue weighted by Crippen LogP contribution is -2.28. The zero-order valence-electron chi connectivity index (χ0n) is 25.4. The number of carboxylic acids is 1. The molecule has 3 heterocycles. The normalized spacial score (nSPS) is 16.4. The minimum atomic E-state index is -1.15. The van der Waals surface area contributed by atoms with Gasteiger partial charge in [0, 0.05) is 47.2 Å². The van der Waals surface area contributed by atoms with Gasteiger partial charge in [-0.3, -0.25) is 4.68 Å². The van der Waals surface area contributed by atoms with Crippen molar-refractivity contribution in [3.63, 3.8) is 0 Å². The van der Waals surface area contributed by atoms with Crippen molar-refractivity contribution < 1.29 is 14.6 Å². The van der Waals surface area contributed by atoms with Crippen molar-refractivity contribution in [3.05, 3.63) is 64.7 Å². The molecule has 0 spiro atoms. The molecule has 1 fully saturated rings. The number of nitrogens with zero attached hydrogens (tertiary/aromatic N) is 4. The van der Waals surface area contributed by atoms with Crippen LogP contribution in [0.5, 0.6) is 0 Å². The Labute approximate surface area is 261 Å². The van der Waals surface area contributed by atoms with Crippen molar-refractivity contribution in [2.45, 2.75) is 59.2 Å². The van der Waals surface area contributed by atoms with E-state index in [4.69, 9.17) is 26.4 Å². The summed E-state index contributed by atoms with van der Waals surface area (Å²) in [5, 5.41) is 17.9. The van der Waals surface area contributed by atoms with Gasteiger partial charge in [-0.25, -0.2) is 9.78 Å². The lowest BCUT2D eigenvalue weighted by atomic mass is 9.91. The largest absolute Gasteiger partial charge is 0.479 e. The number of aliphatic carboxylic acids is 1. The summed E-state index contributed by atoms with van der Waals surface area (Å²) >= 11 is 7.83. The first-order valence-corrected chi connectivity index (χ1v) is 16.0. The molecule has 7 nitrogen and oxygen atoms in total. The summed E-state index contributed by atoms with van der Waals surface area (Å²) in [5.41, 5.74) is 5.40. The molecule has 0 radical (unpaired) electrons. The molecule has 0 bridgehead atoms. The van der Waals surface area contributed by atoms with Crippen LogP contribution in [0, 0.1) is 12.8 Å². The van der Waals surface area contributed by atoms with E-state index in [0.717, 1.165) is 67.3 Å². The van der Waals surface area contributed by atoms with E-state index in [-0.39, 0.29) is 0 Å². The van der Waals surface area contributed by atoms with Crippen LogP contribution < -0.4 is 4.90 Å². The van der Waals surface area contributed by atoms with Crippen molar-refractivity contribution in [1.82, 2.24) is 14.8 Å². The Kier molecular flexibility index (Phi) is 7.73. The van der Waals surface area contributed by atoms with E-state index < -0.39 is 17.7 Å². The summed E-state index contributed by atoms with van der Waals surface area (Å²) < 4.78 is 9.04. The molecular weight excluding hydrogens is 580 g/mol. The van der Waals surface area contributed by atoms with Crippen molar-refractivity contribution in [1.29, 1.82) is 0 Å². The fraction of sp³-hybridized carbons (Fsp3) is 0.382. The first kappa shape index (κ1) is 29.6. The minimum absolute atomic E-state index is 0.615. The van der Waals surface area contributed by atoms with Gasteiger partial charge in [-0.15, -0.1) is 11.3 Å². The molecule has 1 aliphatic rings. The SMILES string of the molecule is CC[C@H]1CCN(c2nn(C)c3ccc(-c4nc5cc(C)c([C@H](OC(C)(C)C)C(=O)O)c(-c6ccc(Cl)cc6)c5s4)cc23)C1. The first-order chi connectivity index (χ1) is 20.4. The lowest BCUT2D eigenvalue weighted by Gasteiger charge is -2.28.